The van der Waals surface area contributed by atoms with Gasteiger partial charge in [0.15, 0.2) is 24.4 Å². The Labute approximate surface area is 295 Å². The van der Waals surface area contributed by atoms with Crippen LogP contribution in [0.1, 0.15) is 106 Å². The largest absolute Gasteiger partial charge is 0.455 e. The number of hydrogen-bond acceptors (Lipinski definition) is 15. The van der Waals surface area contributed by atoms with Crippen molar-refractivity contribution in [3.05, 3.63) is 0 Å². The lowest BCUT2D eigenvalue weighted by molar-refractivity contribution is -0.384. The Bertz CT molecular complexity index is 1060. The highest BCUT2D eigenvalue weighted by molar-refractivity contribution is 5.73. The zero-order chi connectivity index (χ0) is 37.6. The van der Waals surface area contributed by atoms with Gasteiger partial charge in [-0.2, -0.15) is 0 Å². The van der Waals surface area contributed by atoms with Gasteiger partial charge in [0, 0.05) is 12.8 Å². The van der Waals surface area contributed by atoms with E-state index in [1.54, 1.807) is 41.5 Å². The molecule has 0 aromatic heterocycles. The summed E-state index contributed by atoms with van der Waals surface area (Å²) in [5.74, 6) is -6.78. The third-order valence-corrected chi connectivity index (χ3v) is 8.50. The maximum Gasteiger partial charge on any atom is 0.308 e. The lowest BCUT2D eigenvalue weighted by Crippen LogP contribution is -2.65. The molecule has 4 N–H and O–H groups in total. The van der Waals surface area contributed by atoms with Gasteiger partial charge < -0.3 is 53.6 Å². The topological polar surface area (TPSA) is 214 Å². The highest BCUT2D eigenvalue weighted by Crippen LogP contribution is 2.40. The number of aliphatic hydroxyl groups excluding tert-OH is 4. The summed E-state index contributed by atoms with van der Waals surface area (Å²) in [6, 6.07) is 0. The molecule has 290 valence electrons. The molecule has 2 saturated heterocycles. The molecule has 2 fully saturated rings. The zero-order valence-electron chi connectivity index (χ0n) is 30.6. The van der Waals surface area contributed by atoms with Crippen molar-refractivity contribution >= 4 is 23.9 Å². The van der Waals surface area contributed by atoms with E-state index >= 15 is 0 Å². The smallest absolute Gasteiger partial charge is 0.308 e. The zero-order valence-corrected chi connectivity index (χ0v) is 30.6. The summed E-state index contributed by atoms with van der Waals surface area (Å²) in [5, 5.41) is 42.0. The van der Waals surface area contributed by atoms with Crippen LogP contribution in [0.25, 0.3) is 0 Å². The molecule has 2 heterocycles. The maximum atomic E-state index is 13.3. The molecular weight excluding hydrogens is 660 g/mol. The number of rotatable bonds is 21. The van der Waals surface area contributed by atoms with Gasteiger partial charge in [0.1, 0.15) is 24.9 Å². The van der Waals surface area contributed by atoms with Crippen LogP contribution >= 0.6 is 0 Å². The Kier molecular flexibility index (Phi) is 18.6. The van der Waals surface area contributed by atoms with Crippen LogP contribution in [0, 0.1) is 17.8 Å². The molecule has 0 saturated carbocycles. The van der Waals surface area contributed by atoms with Crippen molar-refractivity contribution in [1.29, 1.82) is 0 Å². The minimum atomic E-state index is -2.39. The highest BCUT2D eigenvalue weighted by Gasteiger charge is 2.62. The van der Waals surface area contributed by atoms with Crippen molar-refractivity contribution in [2.45, 2.75) is 161 Å². The van der Waals surface area contributed by atoms with Gasteiger partial charge in [-0.3, -0.25) is 19.2 Å². The average Bonchev–Trinajstić information content (AvgIpc) is 3.32. The van der Waals surface area contributed by atoms with Crippen LogP contribution in [0.3, 0.4) is 0 Å². The van der Waals surface area contributed by atoms with Crippen LogP contribution in [-0.2, 0) is 52.3 Å². The monoisotopic (exact) mass is 720 g/mol. The van der Waals surface area contributed by atoms with Crippen LogP contribution in [0.4, 0.5) is 0 Å². The normalized spacial score (nSPS) is 29.7. The Morgan fingerprint density at radius 3 is 1.78 bits per heavy atom. The molecule has 0 spiro atoms. The molecular formula is C35H60O15. The molecule has 50 heavy (non-hydrogen) atoms. The van der Waals surface area contributed by atoms with Gasteiger partial charge in [-0.25, -0.2) is 0 Å². The molecule has 0 bridgehead atoms. The molecule has 0 aliphatic carbocycles. The predicted octanol–water partition coefficient (Wildman–Crippen LogP) is 2.31. The van der Waals surface area contributed by atoms with Crippen molar-refractivity contribution in [2.24, 2.45) is 17.8 Å². The molecule has 0 aromatic carbocycles. The standard InChI is InChI=1S/C35H60O15/c1-8-9-10-11-12-13-14-15-25(39)45-30-29(48-33(43)22(6)7)28(47-32(42)21(4)5)24(18-37)44-34(30)50-35(19-38)31(27(41)23(17-36)49-35)46-26(40)16-20(2)3/h20-24,27-31,34,36-38,41H,8-19H2,1-7H3/t23-,24-,27+,28+,29-,30-,31+,34+,35+/m0/s1. The second-order valence-corrected chi connectivity index (χ2v) is 14.1. The Balaban J connectivity index is 2.55. The average molecular weight is 721 g/mol. The minimum Gasteiger partial charge on any atom is -0.455 e. The van der Waals surface area contributed by atoms with Crippen LogP contribution in [0.15, 0.2) is 0 Å². The van der Waals surface area contributed by atoms with Gasteiger partial charge in [0.25, 0.3) is 0 Å². The van der Waals surface area contributed by atoms with Crippen LogP contribution in [0.5, 0.6) is 0 Å². The summed E-state index contributed by atoms with van der Waals surface area (Å²) in [5.41, 5.74) is 0. The molecule has 0 amide bonds. The van der Waals surface area contributed by atoms with Gasteiger partial charge in [0.05, 0.1) is 25.0 Å². The molecule has 2 aliphatic heterocycles. The first-order valence-corrected chi connectivity index (χ1v) is 18.0. The molecule has 0 unspecified atom stereocenters. The molecule has 0 aromatic rings. The van der Waals surface area contributed by atoms with E-state index in [0.717, 1.165) is 38.5 Å². The van der Waals surface area contributed by atoms with E-state index in [-0.39, 0.29) is 18.8 Å². The molecule has 15 nitrogen and oxygen atoms in total. The summed E-state index contributed by atoms with van der Waals surface area (Å²) < 4.78 is 40.8. The SMILES string of the molecule is CCCCCCCCCC(=O)O[C@@H]1[C@@H](O[C@@]2(CO)O[C@@H](CO)[C@@H](O)[C@H]2OC(=O)CC(C)C)O[C@@H](CO)[C@@H](OC(=O)C(C)C)[C@@H]1OC(=O)C(C)C. The van der Waals surface area contributed by atoms with Gasteiger partial charge in [0.2, 0.25) is 12.1 Å². The van der Waals surface area contributed by atoms with E-state index < -0.39 is 110 Å². The van der Waals surface area contributed by atoms with Crippen molar-refractivity contribution in [1.82, 2.24) is 0 Å². The minimum absolute atomic E-state index is 0.0237. The number of carbonyl (C=O) groups is 4. The van der Waals surface area contributed by atoms with E-state index in [2.05, 4.69) is 6.92 Å². The van der Waals surface area contributed by atoms with Crippen molar-refractivity contribution in [3.63, 3.8) is 0 Å². The van der Waals surface area contributed by atoms with Crippen LogP contribution in [0.2, 0.25) is 0 Å². The predicted molar refractivity (Wildman–Crippen MR) is 176 cm³/mol. The number of unbranched alkanes of at least 4 members (excludes halogenated alkanes) is 6. The van der Waals surface area contributed by atoms with Crippen LogP contribution in [-0.4, -0.2) is 119 Å². The first kappa shape index (κ1) is 43.8. The maximum absolute atomic E-state index is 13.3. The fourth-order valence-corrected chi connectivity index (χ4v) is 5.63. The molecule has 0 radical (unpaired) electrons. The summed E-state index contributed by atoms with van der Waals surface area (Å²) in [4.78, 5) is 52.0. The highest BCUT2D eigenvalue weighted by atomic mass is 16.8. The fourth-order valence-electron chi connectivity index (χ4n) is 5.63. The van der Waals surface area contributed by atoms with E-state index in [1.165, 1.54) is 0 Å². The van der Waals surface area contributed by atoms with Crippen molar-refractivity contribution < 1.29 is 72.8 Å². The first-order chi connectivity index (χ1) is 23.6. The van der Waals surface area contributed by atoms with Gasteiger partial charge in [-0.05, 0) is 12.3 Å². The van der Waals surface area contributed by atoms with E-state index in [9.17, 15) is 39.6 Å². The van der Waals surface area contributed by atoms with E-state index in [0.29, 0.717) is 6.42 Å². The van der Waals surface area contributed by atoms with Crippen molar-refractivity contribution in [2.75, 3.05) is 19.8 Å². The summed E-state index contributed by atoms with van der Waals surface area (Å²) in [6.07, 6.45) is -6.26. The first-order valence-electron chi connectivity index (χ1n) is 18.0. The van der Waals surface area contributed by atoms with Crippen LogP contribution < -0.4 is 0 Å². The molecule has 9 atom stereocenters. The lowest BCUT2D eigenvalue weighted by atomic mass is 9.97. The number of aliphatic hydroxyl groups is 4. The fraction of sp³-hybridized carbons (Fsp3) is 0.886. The van der Waals surface area contributed by atoms with Gasteiger partial charge in [-0.15, -0.1) is 0 Å². The Morgan fingerprint density at radius 2 is 1.26 bits per heavy atom. The third kappa shape index (κ3) is 12.4. The van der Waals surface area contributed by atoms with E-state index in [4.69, 9.17) is 33.2 Å². The quantitative estimate of drug-likeness (QED) is 0.0761. The second-order valence-electron chi connectivity index (χ2n) is 14.1. The number of hydrogen-bond donors (Lipinski definition) is 4. The van der Waals surface area contributed by atoms with E-state index in [1.807, 2.05) is 0 Å². The molecule has 2 rings (SSSR count). The number of carbonyl (C=O) groups excluding carboxylic acids is 4. The molecule has 2 aliphatic rings. The van der Waals surface area contributed by atoms with Crippen molar-refractivity contribution in [3.8, 4) is 0 Å². The molecule has 15 heteroatoms. The number of ether oxygens (including phenoxy) is 7. The number of esters is 4. The van der Waals surface area contributed by atoms with Gasteiger partial charge >= 0.3 is 23.9 Å². The summed E-state index contributed by atoms with van der Waals surface area (Å²) in [6.45, 7) is 9.35. The Hall–Kier alpha value is -2.40. The third-order valence-electron chi connectivity index (χ3n) is 8.50. The summed E-state index contributed by atoms with van der Waals surface area (Å²) >= 11 is 0. The summed E-state index contributed by atoms with van der Waals surface area (Å²) in [7, 11) is 0. The van der Waals surface area contributed by atoms with Gasteiger partial charge in [-0.1, -0.05) is 87.0 Å². The Morgan fingerprint density at radius 1 is 0.700 bits per heavy atom. The lowest BCUT2D eigenvalue weighted by Gasteiger charge is -2.46. The second kappa shape index (κ2) is 21.2.